The van der Waals surface area contributed by atoms with E-state index < -0.39 is 35.7 Å². The molecule has 0 aliphatic carbocycles. The van der Waals surface area contributed by atoms with E-state index in [4.69, 9.17) is 16.3 Å². The molecule has 2 aromatic carbocycles. The van der Waals surface area contributed by atoms with Crippen LogP contribution in [0.2, 0.25) is 5.02 Å². The highest BCUT2D eigenvalue weighted by Gasteiger charge is 2.39. The zero-order valence-corrected chi connectivity index (χ0v) is 18.9. The minimum atomic E-state index is -4.60. The maximum Gasteiger partial charge on any atom is 0.416 e. The van der Waals surface area contributed by atoms with Crippen LogP contribution in [0.4, 0.5) is 13.2 Å². The number of alkyl halides is 3. The van der Waals surface area contributed by atoms with Crippen LogP contribution in [0.15, 0.2) is 54.7 Å². The van der Waals surface area contributed by atoms with Crippen molar-refractivity contribution in [3.8, 4) is 0 Å². The van der Waals surface area contributed by atoms with Crippen LogP contribution in [0.3, 0.4) is 0 Å². The van der Waals surface area contributed by atoms with Crippen molar-refractivity contribution in [1.82, 2.24) is 15.2 Å². The Balaban J connectivity index is 1.54. The Morgan fingerprint density at radius 1 is 1.21 bits per heavy atom. The number of nitrogens with one attached hydrogen (secondary N) is 1. The number of methoxy groups -OCH3 is 1. The van der Waals surface area contributed by atoms with E-state index in [0.29, 0.717) is 13.1 Å². The summed E-state index contributed by atoms with van der Waals surface area (Å²) in [5.41, 5.74) is 0.530. The molecule has 34 heavy (non-hydrogen) atoms. The highest BCUT2D eigenvalue weighted by atomic mass is 35.5. The molecule has 1 fully saturated rings. The predicted molar refractivity (Wildman–Crippen MR) is 120 cm³/mol. The molecule has 2 atom stereocenters. The molecule has 1 N–H and O–H groups in total. The smallest absolute Gasteiger partial charge is 0.416 e. The molecule has 0 spiro atoms. The first-order chi connectivity index (χ1) is 16.2. The van der Waals surface area contributed by atoms with Gasteiger partial charge in [0.15, 0.2) is 0 Å². The fraction of sp³-hybridized carbons (Fsp3) is 0.292. The Morgan fingerprint density at radius 2 is 1.97 bits per heavy atom. The first-order valence-corrected chi connectivity index (χ1v) is 10.9. The number of amides is 1. The van der Waals surface area contributed by atoms with Crippen LogP contribution >= 0.6 is 11.6 Å². The van der Waals surface area contributed by atoms with Crippen molar-refractivity contribution in [2.24, 2.45) is 0 Å². The Hall–Kier alpha value is -3.17. The average Bonchev–Trinajstić information content (AvgIpc) is 3.20. The van der Waals surface area contributed by atoms with Gasteiger partial charge in [0.1, 0.15) is 6.04 Å². The molecule has 1 aliphatic heterocycles. The maximum absolute atomic E-state index is 13.1. The first kappa shape index (κ1) is 24.0. The lowest BCUT2D eigenvalue weighted by Gasteiger charge is -2.22. The molecule has 6 nitrogen and oxygen atoms in total. The molecule has 1 saturated heterocycles. The van der Waals surface area contributed by atoms with E-state index in [2.05, 4.69) is 10.3 Å². The lowest BCUT2D eigenvalue weighted by molar-refractivity contribution is -0.146. The number of ether oxygens (including phenoxy) is 1. The molecule has 2 heterocycles. The van der Waals surface area contributed by atoms with E-state index in [1.54, 1.807) is 6.20 Å². The topological polar surface area (TPSA) is 71.5 Å². The lowest BCUT2D eigenvalue weighted by atomic mass is 10.1. The SMILES string of the molecule is COC(=O)[C@@H]1C[C@H](NC(=O)c2cc(C(F)(F)F)ccc2Cl)CN1Cc1ccnc2ccccc12. The normalized spacial score (nSPS) is 18.7. The monoisotopic (exact) mass is 491 g/mol. The van der Waals surface area contributed by atoms with Crippen LogP contribution in [0.1, 0.15) is 27.9 Å². The number of pyridine rings is 1. The number of carbonyl (C=O) groups excluding carboxylic acids is 2. The van der Waals surface area contributed by atoms with E-state index in [9.17, 15) is 22.8 Å². The molecule has 10 heteroatoms. The molecular weight excluding hydrogens is 471 g/mol. The average molecular weight is 492 g/mol. The van der Waals surface area contributed by atoms with Crippen LogP contribution in [0.5, 0.6) is 0 Å². The molecule has 4 rings (SSSR count). The number of hydrogen-bond acceptors (Lipinski definition) is 5. The Kier molecular flexibility index (Phi) is 6.77. The number of carbonyl (C=O) groups is 2. The predicted octanol–water partition coefficient (Wildman–Crippen LogP) is 4.45. The number of halogens is 4. The number of hydrogen-bond donors (Lipinski definition) is 1. The van der Waals surface area contributed by atoms with Crippen LogP contribution in [-0.4, -0.2) is 47.5 Å². The zero-order chi connectivity index (χ0) is 24.5. The third-order valence-corrected chi connectivity index (χ3v) is 6.19. The van der Waals surface area contributed by atoms with Crippen LogP contribution in [-0.2, 0) is 22.3 Å². The molecule has 3 aromatic rings. The van der Waals surface area contributed by atoms with Crippen molar-refractivity contribution in [3.63, 3.8) is 0 Å². The molecule has 1 aromatic heterocycles. The van der Waals surface area contributed by atoms with Gasteiger partial charge in [-0.1, -0.05) is 29.8 Å². The number of likely N-dealkylation sites (tertiary alicyclic amines) is 1. The number of benzene rings is 2. The highest BCUT2D eigenvalue weighted by molar-refractivity contribution is 6.33. The minimum Gasteiger partial charge on any atom is -0.468 e. The second-order valence-corrected chi connectivity index (χ2v) is 8.46. The van der Waals surface area contributed by atoms with E-state index >= 15 is 0 Å². The summed E-state index contributed by atoms with van der Waals surface area (Å²) in [7, 11) is 1.29. The fourth-order valence-corrected chi connectivity index (χ4v) is 4.42. The largest absolute Gasteiger partial charge is 0.468 e. The van der Waals surface area contributed by atoms with Crippen molar-refractivity contribution in [2.45, 2.75) is 31.2 Å². The lowest BCUT2D eigenvalue weighted by Crippen LogP contribution is -2.38. The van der Waals surface area contributed by atoms with Gasteiger partial charge in [-0.3, -0.25) is 19.5 Å². The molecule has 1 aliphatic rings. The van der Waals surface area contributed by atoms with Crippen molar-refractivity contribution in [2.75, 3.05) is 13.7 Å². The van der Waals surface area contributed by atoms with E-state index in [-0.39, 0.29) is 17.0 Å². The van der Waals surface area contributed by atoms with Gasteiger partial charge in [0, 0.05) is 30.7 Å². The zero-order valence-electron chi connectivity index (χ0n) is 18.1. The number of esters is 1. The Bertz CT molecular complexity index is 1230. The maximum atomic E-state index is 13.1. The summed E-state index contributed by atoms with van der Waals surface area (Å²) in [4.78, 5) is 31.5. The fourth-order valence-electron chi connectivity index (χ4n) is 4.21. The summed E-state index contributed by atoms with van der Waals surface area (Å²) >= 11 is 6.00. The van der Waals surface area contributed by atoms with Gasteiger partial charge in [-0.2, -0.15) is 13.2 Å². The number of nitrogens with zero attached hydrogens (tertiary/aromatic N) is 2. The molecule has 1 amide bonds. The van der Waals surface area contributed by atoms with Crippen LogP contribution < -0.4 is 5.32 Å². The number of fused-ring (bicyclic) bond motifs is 1. The van der Waals surface area contributed by atoms with Crippen molar-refractivity contribution in [1.29, 1.82) is 0 Å². The summed E-state index contributed by atoms with van der Waals surface area (Å²) in [6, 6.07) is 11.0. The summed E-state index contributed by atoms with van der Waals surface area (Å²) in [6.45, 7) is 0.707. The van der Waals surface area contributed by atoms with E-state index in [0.717, 1.165) is 34.7 Å². The number of aromatic nitrogens is 1. The Morgan fingerprint density at radius 3 is 2.71 bits per heavy atom. The van der Waals surface area contributed by atoms with Crippen LogP contribution in [0, 0.1) is 0 Å². The van der Waals surface area contributed by atoms with E-state index in [1.807, 2.05) is 35.2 Å². The standard InChI is InChI=1S/C24H21ClF3N3O3/c1-34-23(33)21-11-16(30-22(32)18-10-15(24(26,27)28)6-7-19(18)25)13-31(21)12-14-8-9-29-20-5-3-2-4-17(14)20/h2-10,16,21H,11-13H2,1H3,(H,30,32)/t16-,21-/m0/s1. The van der Waals surface area contributed by atoms with Crippen molar-refractivity contribution < 1.29 is 27.5 Å². The minimum absolute atomic E-state index is 0.0897. The van der Waals surface area contributed by atoms with Gasteiger partial charge in [0.2, 0.25) is 0 Å². The summed E-state index contributed by atoms with van der Waals surface area (Å²) in [6.07, 6.45) is -2.67. The second-order valence-electron chi connectivity index (χ2n) is 8.05. The molecule has 0 unspecified atom stereocenters. The number of para-hydroxylation sites is 1. The van der Waals surface area contributed by atoms with Gasteiger partial charge in [-0.05, 0) is 42.3 Å². The highest BCUT2D eigenvalue weighted by Crippen LogP contribution is 2.32. The summed E-state index contributed by atoms with van der Waals surface area (Å²) in [5, 5.41) is 3.58. The number of rotatable bonds is 5. The van der Waals surface area contributed by atoms with Gasteiger partial charge in [-0.15, -0.1) is 0 Å². The van der Waals surface area contributed by atoms with Gasteiger partial charge in [-0.25, -0.2) is 0 Å². The molecular formula is C24H21ClF3N3O3. The quantitative estimate of drug-likeness (QED) is 0.534. The third kappa shape index (κ3) is 5.00. The molecule has 178 valence electrons. The molecule has 0 radical (unpaired) electrons. The van der Waals surface area contributed by atoms with E-state index in [1.165, 1.54) is 7.11 Å². The Labute approximate surface area is 198 Å². The molecule has 0 bridgehead atoms. The van der Waals surface area contributed by atoms with Crippen molar-refractivity contribution in [3.05, 3.63) is 76.4 Å². The van der Waals surface area contributed by atoms with Crippen LogP contribution in [0.25, 0.3) is 10.9 Å². The van der Waals surface area contributed by atoms with Gasteiger partial charge < -0.3 is 10.1 Å². The second kappa shape index (κ2) is 9.60. The first-order valence-electron chi connectivity index (χ1n) is 10.5. The van der Waals surface area contributed by atoms with Gasteiger partial charge in [0.25, 0.3) is 5.91 Å². The van der Waals surface area contributed by atoms with Gasteiger partial charge >= 0.3 is 12.1 Å². The summed E-state index contributed by atoms with van der Waals surface area (Å²) < 4.78 is 44.2. The van der Waals surface area contributed by atoms with Crippen molar-refractivity contribution >= 4 is 34.4 Å². The summed E-state index contributed by atoms with van der Waals surface area (Å²) in [5.74, 6) is -1.19. The van der Waals surface area contributed by atoms with Gasteiger partial charge in [0.05, 0.1) is 28.8 Å². The molecule has 0 saturated carbocycles. The third-order valence-electron chi connectivity index (χ3n) is 5.86.